The fourth-order valence-corrected chi connectivity index (χ4v) is 4.12. The fourth-order valence-electron chi connectivity index (χ4n) is 3.86. The lowest BCUT2D eigenvalue weighted by Gasteiger charge is -2.23. The van der Waals surface area contributed by atoms with E-state index in [0.29, 0.717) is 24.0 Å². The van der Waals surface area contributed by atoms with Gasteiger partial charge in [-0.05, 0) is 37.1 Å². The van der Waals surface area contributed by atoms with Crippen molar-refractivity contribution in [2.75, 3.05) is 0 Å². The molecule has 0 spiro atoms. The molecule has 204 valence electrons. The molecule has 0 fully saturated rings. The van der Waals surface area contributed by atoms with Crippen molar-refractivity contribution in [3.05, 3.63) is 91.6 Å². The van der Waals surface area contributed by atoms with Crippen LogP contribution in [0.25, 0.3) is 0 Å². The quantitative estimate of drug-likeness (QED) is 0.286. The van der Waals surface area contributed by atoms with Gasteiger partial charge in [-0.2, -0.15) is 22.0 Å². The van der Waals surface area contributed by atoms with Gasteiger partial charge in [0.25, 0.3) is 5.56 Å². The van der Waals surface area contributed by atoms with Crippen LogP contribution in [0, 0.1) is 6.92 Å². The monoisotopic (exact) mass is 558 g/mol. The van der Waals surface area contributed by atoms with Gasteiger partial charge in [0.1, 0.15) is 23.7 Å². The lowest BCUT2D eigenvalue weighted by atomic mass is 10.1. The Kier molecular flexibility index (Phi) is 8.81. The summed E-state index contributed by atoms with van der Waals surface area (Å²) in [6.07, 6.45) is -4.56. The first-order valence-electron chi connectivity index (χ1n) is 11.6. The number of carboxylic acid groups (broad SMARTS) is 1. The zero-order valence-electron chi connectivity index (χ0n) is 20.4. The lowest BCUT2D eigenvalue weighted by Crippen LogP contribution is -2.42. The number of rotatable bonds is 10. The van der Waals surface area contributed by atoms with Crippen LogP contribution in [0.2, 0.25) is 5.02 Å². The summed E-state index contributed by atoms with van der Waals surface area (Å²) in [5, 5.41) is 9.37. The van der Waals surface area contributed by atoms with E-state index < -0.39 is 34.9 Å². The summed E-state index contributed by atoms with van der Waals surface area (Å²) in [4.78, 5) is 28.3. The first-order valence-corrected chi connectivity index (χ1v) is 11.9. The number of halogens is 6. The van der Waals surface area contributed by atoms with Crippen molar-refractivity contribution in [3.8, 4) is 5.75 Å². The second kappa shape index (κ2) is 11.5. The van der Waals surface area contributed by atoms with Crippen LogP contribution in [0.5, 0.6) is 5.75 Å². The van der Waals surface area contributed by atoms with Crippen LogP contribution in [0.1, 0.15) is 58.3 Å². The Morgan fingerprint density at radius 3 is 2.42 bits per heavy atom. The number of hydrogen-bond acceptors (Lipinski definition) is 4. The number of unbranched alkanes of at least 4 members (excludes halogenated alkanes) is 1. The van der Waals surface area contributed by atoms with Gasteiger partial charge in [-0.1, -0.05) is 49.2 Å². The number of carbonyl (C=O) groups is 1. The van der Waals surface area contributed by atoms with E-state index in [-0.39, 0.29) is 41.7 Å². The maximum atomic E-state index is 14.3. The van der Waals surface area contributed by atoms with Gasteiger partial charge in [0, 0.05) is 12.0 Å². The third-order valence-electron chi connectivity index (χ3n) is 5.82. The molecule has 1 heterocycles. The maximum Gasteiger partial charge on any atom is 0.458 e. The number of alkyl halides is 5. The minimum Gasteiger partial charge on any atom is -0.487 e. The number of aryl methyl sites for hydroxylation is 2. The van der Waals surface area contributed by atoms with Crippen molar-refractivity contribution in [1.82, 2.24) is 9.55 Å². The lowest BCUT2D eigenvalue weighted by molar-refractivity contribution is -0.290. The molecule has 0 aliphatic carbocycles. The molecule has 1 aromatic heterocycles. The molecule has 38 heavy (non-hydrogen) atoms. The zero-order chi connectivity index (χ0) is 28.3. The van der Waals surface area contributed by atoms with Gasteiger partial charge in [-0.3, -0.25) is 9.36 Å². The molecule has 0 amide bonds. The van der Waals surface area contributed by atoms with E-state index >= 15 is 0 Å². The van der Waals surface area contributed by atoms with Gasteiger partial charge in [0.15, 0.2) is 0 Å². The van der Waals surface area contributed by atoms with Crippen molar-refractivity contribution in [3.63, 3.8) is 0 Å². The maximum absolute atomic E-state index is 14.3. The molecule has 0 saturated carbocycles. The normalized spacial score (nSPS) is 12.0. The van der Waals surface area contributed by atoms with Crippen LogP contribution in [0.4, 0.5) is 22.0 Å². The van der Waals surface area contributed by atoms with E-state index in [1.54, 1.807) is 18.2 Å². The standard InChI is InChI=1S/C26H24ClF5N2O4/c1-3-4-9-21-33-15(2)22(25(28,29)26(30,31)32)23(35)34(21)13-16-10-11-20(19(27)12-16)38-14-17-7-5-6-8-18(17)24(36)37/h5-8,10-12H,3-4,9,13-14H2,1-2H3,(H,36,37). The largest absolute Gasteiger partial charge is 0.487 e. The SMILES string of the molecule is CCCCc1nc(C)c(C(F)(F)C(F)(F)F)c(=O)n1Cc1ccc(OCc2ccccc2C(=O)O)c(Cl)c1. The summed E-state index contributed by atoms with van der Waals surface area (Å²) in [6, 6.07) is 10.5. The molecule has 12 heteroatoms. The van der Waals surface area contributed by atoms with E-state index in [4.69, 9.17) is 16.3 Å². The van der Waals surface area contributed by atoms with Crippen molar-refractivity contribution in [2.45, 2.75) is 58.4 Å². The second-order valence-corrected chi connectivity index (χ2v) is 8.98. The highest BCUT2D eigenvalue weighted by molar-refractivity contribution is 6.32. The van der Waals surface area contributed by atoms with Crippen molar-refractivity contribution >= 4 is 17.6 Å². The number of aromatic carboxylic acids is 1. The Balaban J connectivity index is 1.95. The highest BCUT2D eigenvalue weighted by Gasteiger charge is 2.61. The number of hydrogen-bond donors (Lipinski definition) is 1. The second-order valence-electron chi connectivity index (χ2n) is 8.57. The van der Waals surface area contributed by atoms with Crippen LogP contribution < -0.4 is 10.3 Å². The third-order valence-corrected chi connectivity index (χ3v) is 6.12. The van der Waals surface area contributed by atoms with Crippen molar-refractivity contribution < 1.29 is 36.6 Å². The minimum absolute atomic E-state index is 0.0533. The summed E-state index contributed by atoms with van der Waals surface area (Å²) < 4.78 is 74.3. The predicted molar refractivity (Wildman–Crippen MR) is 130 cm³/mol. The number of aromatic nitrogens is 2. The van der Waals surface area contributed by atoms with Gasteiger partial charge in [-0.15, -0.1) is 0 Å². The zero-order valence-corrected chi connectivity index (χ0v) is 21.2. The van der Waals surface area contributed by atoms with Gasteiger partial charge in [0.2, 0.25) is 0 Å². The fraction of sp³-hybridized carbons (Fsp3) is 0.346. The molecule has 0 unspecified atom stereocenters. The highest BCUT2D eigenvalue weighted by atomic mass is 35.5. The Morgan fingerprint density at radius 2 is 1.82 bits per heavy atom. The van der Waals surface area contributed by atoms with E-state index in [1.807, 2.05) is 6.92 Å². The minimum atomic E-state index is -5.97. The van der Waals surface area contributed by atoms with E-state index in [2.05, 4.69) is 4.98 Å². The number of carboxylic acids is 1. The van der Waals surface area contributed by atoms with Gasteiger partial charge in [-0.25, -0.2) is 9.78 Å². The summed E-state index contributed by atoms with van der Waals surface area (Å²) in [5.41, 5.74) is -3.09. The molecular weight excluding hydrogens is 535 g/mol. The molecule has 0 aliphatic rings. The summed E-state index contributed by atoms with van der Waals surface area (Å²) in [5.74, 6) is -6.25. The smallest absolute Gasteiger partial charge is 0.458 e. The summed E-state index contributed by atoms with van der Waals surface area (Å²) in [7, 11) is 0. The number of ether oxygens (including phenoxy) is 1. The molecule has 2 aromatic carbocycles. The van der Waals surface area contributed by atoms with Crippen LogP contribution in [0.15, 0.2) is 47.3 Å². The Hall–Kier alpha value is -3.47. The molecule has 3 rings (SSSR count). The predicted octanol–water partition coefficient (Wildman–Crippen LogP) is 6.53. The molecule has 0 atom stereocenters. The van der Waals surface area contributed by atoms with Crippen LogP contribution in [-0.2, 0) is 25.5 Å². The van der Waals surface area contributed by atoms with Gasteiger partial charge >= 0.3 is 18.1 Å². The van der Waals surface area contributed by atoms with Crippen molar-refractivity contribution in [1.29, 1.82) is 0 Å². The van der Waals surface area contributed by atoms with Crippen LogP contribution >= 0.6 is 11.6 Å². The van der Waals surface area contributed by atoms with Gasteiger partial charge in [0.05, 0.1) is 22.8 Å². The first kappa shape index (κ1) is 29.1. The molecule has 1 N–H and O–H groups in total. The van der Waals surface area contributed by atoms with Crippen LogP contribution in [0.3, 0.4) is 0 Å². The number of benzene rings is 2. The molecule has 0 bridgehead atoms. The van der Waals surface area contributed by atoms with E-state index in [9.17, 15) is 36.6 Å². The van der Waals surface area contributed by atoms with E-state index in [1.165, 1.54) is 24.3 Å². The van der Waals surface area contributed by atoms with Crippen LogP contribution in [-0.4, -0.2) is 26.8 Å². The topological polar surface area (TPSA) is 81.4 Å². The average Bonchev–Trinajstić information content (AvgIpc) is 2.83. The summed E-state index contributed by atoms with van der Waals surface area (Å²) >= 11 is 6.30. The van der Waals surface area contributed by atoms with Gasteiger partial charge < -0.3 is 9.84 Å². The first-order chi connectivity index (χ1) is 17.8. The van der Waals surface area contributed by atoms with Crippen molar-refractivity contribution in [2.24, 2.45) is 0 Å². The molecule has 3 aromatic rings. The summed E-state index contributed by atoms with van der Waals surface area (Å²) in [6.45, 7) is 2.35. The highest BCUT2D eigenvalue weighted by Crippen LogP contribution is 2.43. The molecule has 0 saturated heterocycles. The molecule has 0 aliphatic heterocycles. The molecule has 6 nitrogen and oxygen atoms in total. The Labute approximate surface area is 219 Å². The average molecular weight is 559 g/mol. The Bertz CT molecular complexity index is 1390. The number of nitrogens with zero attached hydrogens (tertiary/aromatic N) is 2. The molecule has 0 radical (unpaired) electrons. The Morgan fingerprint density at radius 1 is 1.13 bits per heavy atom. The third kappa shape index (κ3) is 6.15. The van der Waals surface area contributed by atoms with E-state index in [0.717, 1.165) is 11.5 Å². The molecular formula is C26H24ClF5N2O4.